The highest BCUT2D eigenvalue weighted by Crippen LogP contribution is 2.31. The van der Waals surface area contributed by atoms with Gasteiger partial charge in [-0.3, -0.25) is 4.79 Å². The number of benzene rings is 3. The first-order valence-electron chi connectivity index (χ1n) is 7.96. The lowest BCUT2D eigenvalue weighted by Crippen LogP contribution is -2.12. The van der Waals surface area contributed by atoms with E-state index in [9.17, 15) is 9.90 Å². The van der Waals surface area contributed by atoms with Crippen LogP contribution < -0.4 is 15.4 Å². The van der Waals surface area contributed by atoms with Crippen LogP contribution in [0.1, 0.15) is 10.4 Å². The second-order valence-electron chi connectivity index (χ2n) is 5.70. The fourth-order valence-electron chi connectivity index (χ4n) is 2.44. The van der Waals surface area contributed by atoms with E-state index in [-0.39, 0.29) is 11.7 Å². The van der Waals surface area contributed by atoms with Crippen LogP contribution in [0.5, 0.6) is 11.5 Å². The number of phenolic OH excluding ortho intramolecular Hbond substituents is 1. The predicted octanol–water partition coefficient (Wildman–Crippen LogP) is 5.70. The number of halogens is 2. The zero-order chi connectivity index (χ0) is 19.4. The number of carbonyl (C=O) groups is 1. The molecule has 0 saturated carbocycles. The topological polar surface area (TPSA) is 70.6 Å². The van der Waals surface area contributed by atoms with Crippen LogP contribution in [-0.4, -0.2) is 18.1 Å². The summed E-state index contributed by atoms with van der Waals surface area (Å²) in [4.78, 5) is 12.5. The number of ether oxygens (including phenoxy) is 1. The summed E-state index contributed by atoms with van der Waals surface area (Å²) in [6, 6.07) is 16.4. The molecule has 0 radical (unpaired) electrons. The lowest BCUT2D eigenvalue weighted by Gasteiger charge is -2.12. The Balaban J connectivity index is 1.80. The van der Waals surface area contributed by atoms with Crippen molar-refractivity contribution in [1.29, 1.82) is 0 Å². The molecule has 3 aromatic carbocycles. The zero-order valence-electron chi connectivity index (χ0n) is 14.3. The van der Waals surface area contributed by atoms with Crippen LogP contribution in [0.15, 0.2) is 60.7 Å². The number of phenols is 1. The van der Waals surface area contributed by atoms with Crippen molar-refractivity contribution in [2.24, 2.45) is 0 Å². The number of nitrogens with one attached hydrogen (secondary N) is 2. The van der Waals surface area contributed by atoms with Crippen molar-refractivity contribution in [3.63, 3.8) is 0 Å². The summed E-state index contributed by atoms with van der Waals surface area (Å²) < 4.78 is 5.09. The Bertz CT molecular complexity index is 955. The first-order chi connectivity index (χ1) is 12.9. The molecule has 0 spiro atoms. The number of carbonyl (C=O) groups excluding carboxylic acids is 1. The standard InChI is InChI=1S/C20H16Cl2N2O3/c1-27-17-5-3-15(4-6-17)24-20(26)12-2-7-19(25)18(8-12)23-16-10-13(21)9-14(22)11-16/h2-11,23,25H,1H3,(H,24,26). The first kappa shape index (κ1) is 18.9. The summed E-state index contributed by atoms with van der Waals surface area (Å²) in [7, 11) is 1.58. The van der Waals surface area contributed by atoms with Gasteiger partial charge in [-0.25, -0.2) is 0 Å². The van der Waals surface area contributed by atoms with E-state index < -0.39 is 0 Å². The maximum Gasteiger partial charge on any atom is 0.255 e. The van der Waals surface area contributed by atoms with Crippen molar-refractivity contribution in [3.05, 3.63) is 76.3 Å². The van der Waals surface area contributed by atoms with Crippen molar-refractivity contribution in [2.45, 2.75) is 0 Å². The minimum atomic E-state index is -0.313. The van der Waals surface area contributed by atoms with E-state index in [4.69, 9.17) is 27.9 Å². The molecule has 3 rings (SSSR count). The average molecular weight is 403 g/mol. The Morgan fingerprint density at radius 1 is 0.926 bits per heavy atom. The number of aromatic hydroxyl groups is 1. The minimum Gasteiger partial charge on any atom is -0.506 e. The van der Waals surface area contributed by atoms with Gasteiger partial charge < -0.3 is 20.5 Å². The monoisotopic (exact) mass is 402 g/mol. The normalized spacial score (nSPS) is 10.3. The number of hydrogen-bond donors (Lipinski definition) is 3. The van der Waals surface area contributed by atoms with Crippen molar-refractivity contribution in [1.82, 2.24) is 0 Å². The molecule has 7 heteroatoms. The van der Waals surface area contributed by atoms with Gasteiger partial charge in [0.15, 0.2) is 0 Å². The average Bonchev–Trinajstić information content (AvgIpc) is 2.63. The molecule has 0 heterocycles. The molecule has 0 aliphatic rings. The number of hydrogen-bond acceptors (Lipinski definition) is 4. The van der Waals surface area contributed by atoms with Gasteiger partial charge in [-0.15, -0.1) is 0 Å². The molecule has 0 bridgehead atoms. The summed E-state index contributed by atoms with van der Waals surface area (Å²) in [5.74, 6) is 0.378. The number of amides is 1. The molecule has 3 N–H and O–H groups in total. The fraction of sp³-hybridized carbons (Fsp3) is 0.0500. The molecule has 5 nitrogen and oxygen atoms in total. The molecule has 0 unspecified atom stereocenters. The third-order valence-corrected chi connectivity index (χ3v) is 4.18. The Hall–Kier alpha value is -2.89. The molecule has 0 aromatic heterocycles. The third-order valence-electron chi connectivity index (χ3n) is 3.75. The lowest BCUT2D eigenvalue weighted by molar-refractivity contribution is 0.102. The van der Waals surface area contributed by atoms with Gasteiger partial charge >= 0.3 is 0 Å². The van der Waals surface area contributed by atoms with Crippen LogP contribution in [0.3, 0.4) is 0 Å². The SMILES string of the molecule is COc1ccc(NC(=O)c2ccc(O)c(Nc3cc(Cl)cc(Cl)c3)c2)cc1. The van der Waals surface area contributed by atoms with Gasteiger partial charge in [0.25, 0.3) is 5.91 Å². The number of anilines is 3. The number of rotatable bonds is 5. The second kappa shape index (κ2) is 8.20. The molecular weight excluding hydrogens is 387 g/mol. The van der Waals surface area contributed by atoms with Crippen LogP contribution in [0.2, 0.25) is 10.0 Å². The molecule has 27 heavy (non-hydrogen) atoms. The van der Waals surface area contributed by atoms with E-state index in [1.165, 1.54) is 12.1 Å². The first-order valence-corrected chi connectivity index (χ1v) is 8.72. The molecule has 0 atom stereocenters. The highest BCUT2D eigenvalue weighted by molar-refractivity contribution is 6.35. The summed E-state index contributed by atoms with van der Waals surface area (Å²) in [5, 5.41) is 16.8. The van der Waals surface area contributed by atoms with Crippen LogP contribution in [0.4, 0.5) is 17.1 Å². The quantitative estimate of drug-likeness (QED) is 0.478. The molecule has 0 saturated heterocycles. The lowest BCUT2D eigenvalue weighted by atomic mass is 10.1. The summed E-state index contributed by atoms with van der Waals surface area (Å²) in [6.07, 6.45) is 0. The molecule has 3 aromatic rings. The van der Waals surface area contributed by atoms with Gasteiger partial charge in [0.05, 0.1) is 12.8 Å². The van der Waals surface area contributed by atoms with E-state index in [0.717, 1.165) is 0 Å². The van der Waals surface area contributed by atoms with Gasteiger partial charge in [0, 0.05) is 27.0 Å². The Morgan fingerprint density at radius 2 is 1.59 bits per heavy atom. The fourth-order valence-corrected chi connectivity index (χ4v) is 2.96. The van der Waals surface area contributed by atoms with Crippen molar-refractivity contribution in [3.8, 4) is 11.5 Å². The van der Waals surface area contributed by atoms with E-state index in [0.29, 0.717) is 38.4 Å². The Kier molecular flexibility index (Phi) is 5.74. The summed E-state index contributed by atoms with van der Waals surface area (Å²) in [5.41, 5.74) is 1.95. The zero-order valence-corrected chi connectivity index (χ0v) is 15.8. The maximum atomic E-state index is 12.5. The van der Waals surface area contributed by atoms with Crippen molar-refractivity contribution < 1.29 is 14.6 Å². The second-order valence-corrected chi connectivity index (χ2v) is 6.57. The molecule has 0 aliphatic heterocycles. The third kappa shape index (κ3) is 4.84. The van der Waals surface area contributed by atoms with E-state index in [1.807, 2.05) is 0 Å². The van der Waals surface area contributed by atoms with Gasteiger partial charge in [0.2, 0.25) is 0 Å². The molecule has 0 fully saturated rings. The smallest absolute Gasteiger partial charge is 0.255 e. The number of methoxy groups -OCH3 is 1. The van der Waals surface area contributed by atoms with Crippen LogP contribution in [-0.2, 0) is 0 Å². The highest BCUT2D eigenvalue weighted by atomic mass is 35.5. The molecular formula is C20H16Cl2N2O3. The van der Waals surface area contributed by atoms with Gasteiger partial charge in [-0.1, -0.05) is 23.2 Å². The van der Waals surface area contributed by atoms with E-state index >= 15 is 0 Å². The molecule has 0 aliphatic carbocycles. The van der Waals surface area contributed by atoms with Gasteiger partial charge in [-0.2, -0.15) is 0 Å². The Morgan fingerprint density at radius 3 is 2.22 bits per heavy atom. The summed E-state index contributed by atoms with van der Waals surface area (Å²) in [6.45, 7) is 0. The minimum absolute atomic E-state index is 0.00732. The molecule has 1 amide bonds. The van der Waals surface area contributed by atoms with Crippen molar-refractivity contribution in [2.75, 3.05) is 17.7 Å². The van der Waals surface area contributed by atoms with E-state index in [1.54, 1.807) is 55.6 Å². The van der Waals surface area contributed by atoms with Crippen LogP contribution >= 0.6 is 23.2 Å². The summed E-state index contributed by atoms with van der Waals surface area (Å²) >= 11 is 12.0. The van der Waals surface area contributed by atoms with Crippen LogP contribution in [0.25, 0.3) is 0 Å². The van der Waals surface area contributed by atoms with Gasteiger partial charge in [-0.05, 0) is 60.7 Å². The van der Waals surface area contributed by atoms with Gasteiger partial charge in [0.1, 0.15) is 11.5 Å². The largest absolute Gasteiger partial charge is 0.506 e. The highest BCUT2D eigenvalue weighted by Gasteiger charge is 2.11. The van der Waals surface area contributed by atoms with Crippen molar-refractivity contribution >= 4 is 46.2 Å². The van der Waals surface area contributed by atoms with E-state index in [2.05, 4.69) is 10.6 Å². The molecule has 138 valence electrons. The maximum absolute atomic E-state index is 12.5. The Labute approximate surface area is 166 Å². The van der Waals surface area contributed by atoms with Crippen LogP contribution in [0, 0.1) is 0 Å². The predicted molar refractivity (Wildman–Crippen MR) is 109 cm³/mol.